The molecule has 0 aliphatic heterocycles. The van der Waals surface area contributed by atoms with E-state index in [1.165, 1.54) is 0 Å². The van der Waals surface area contributed by atoms with Crippen LogP contribution in [0.5, 0.6) is 0 Å². The normalized spacial score (nSPS) is 10.2. The van der Waals surface area contributed by atoms with Gasteiger partial charge < -0.3 is 11.1 Å². The number of anilines is 1. The van der Waals surface area contributed by atoms with Crippen molar-refractivity contribution >= 4 is 23.2 Å². The van der Waals surface area contributed by atoms with Crippen LogP contribution in [0.1, 0.15) is 21.5 Å². The van der Waals surface area contributed by atoms with Gasteiger partial charge in [0.05, 0.1) is 10.6 Å². The maximum absolute atomic E-state index is 11.2. The number of nitrogens with zero attached hydrogens (tertiary/aromatic N) is 1. The molecule has 0 aliphatic carbocycles. The zero-order valence-electron chi connectivity index (χ0n) is 10.5. The topological polar surface area (TPSA) is 68.0 Å². The summed E-state index contributed by atoms with van der Waals surface area (Å²) in [6.45, 7) is 2.65. The van der Waals surface area contributed by atoms with Gasteiger partial charge in [-0.25, -0.2) is 0 Å². The zero-order chi connectivity index (χ0) is 13.8. The Morgan fingerprint density at radius 1 is 1.42 bits per heavy atom. The molecule has 0 saturated heterocycles. The standard InChI is InChI=1S/C14H14ClN3O/c1-9-4-5-17-7-10(9)8-18-11-2-3-13(15)12(6-11)14(16)19/h2-7,18H,8H2,1H3,(H2,16,19). The molecule has 19 heavy (non-hydrogen) atoms. The lowest BCUT2D eigenvalue weighted by Crippen LogP contribution is -2.12. The number of nitrogens with two attached hydrogens (primary N) is 1. The van der Waals surface area contributed by atoms with Gasteiger partial charge in [0.1, 0.15) is 0 Å². The van der Waals surface area contributed by atoms with Crippen molar-refractivity contribution in [1.29, 1.82) is 0 Å². The summed E-state index contributed by atoms with van der Waals surface area (Å²) >= 11 is 5.89. The molecule has 1 heterocycles. The SMILES string of the molecule is Cc1ccncc1CNc1ccc(Cl)c(C(N)=O)c1. The van der Waals surface area contributed by atoms with Crippen LogP contribution in [0.15, 0.2) is 36.7 Å². The molecule has 3 N–H and O–H groups in total. The molecule has 0 spiro atoms. The predicted octanol–water partition coefficient (Wildman–Crippen LogP) is 2.75. The van der Waals surface area contributed by atoms with Crippen LogP contribution in [-0.2, 0) is 6.54 Å². The van der Waals surface area contributed by atoms with Crippen LogP contribution in [0.4, 0.5) is 5.69 Å². The number of carbonyl (C=O) groups excluding carboxylic acids is 1. The van der Waals surface area contributed by atoms with E-state index in [1.807, 2.05) is 19.2 Å². The van der Waals surface area contributed by atoms with Gasteiger partial charge in [-0.05, 0) is 42.3 Å². The van der Waals surface area contributed by atoms with Crippen LogP contribution >= 0.6 is 11.6 Å². The number of hydrogen-bond acceptors (Lipinski definition) is 3. The second-order valence-electron chi connectivity index (χ2n) is 4.21. The molecule has 0 fully saturated rings. The van der Waals surface area contributed by atoms with Gasteiger partial charge in [0.25, 0.3) is 0 Å². The fraction of sp³-hybridized carbons (Fsp3) is 0.143. The van der Waals surface area contributed by atoms with Gasteiger partial charge in [0, 0.05) is 24.6 Å². The van der Waals surface area contributed by atoms with Crippen LogP contribution in [0, 0.1) is 6.92 Å². The predicted molar refractivity (Wildman–Crippen MR) is 76.3 cm³/mol. The van der Waals surface area contributed by atoms with E-state index in [0.29, 0.717) is 17.1 Å². The molecule has 0 bridgehead atoms. The third-order valence-electron chi connectivity index (χ3n) is 2.86. The summed E-state index contributed by atoms with van der Waals surface area (Å²) in [6, 6.07) is 7.06. The maximum Gasteiger partial charge on any atom is 0.250 e. The number of nitrogens with one attached hydrogen (secondary N) is 1. The highest BCUT2D eigenvalue weighted by atomic mass is 35.5. The maximum atomic E-state index is 11.2. The molecule has 1 amide bonds. The van der Waals surface area contributed by atoms with Crippen molar-refractivity contribution in [3.63, 3.8) is 0 Å². The fourth-order valence-corrected chi connectivity index (χ4v) is 1.91. The molecule has 0 aliphatic rings. The van der Waals surface area contributed by atoms with Gasteiger partial charge in [0.15, 0.2) is 0 Å². The van der Waals surface area contributed by atoms with E-state index in [2.05, 4.69) is 10.3 Å². The summed E-state index contributed by atoms with van der Waals surface area (Å²) < 4.78 is 0. The van der Waals surface area contributed by atoms with Crippen LogP contribution in [-0.4, -0.2) is 10.9 Å². The van der Waals surface area contributed by atoms with E-state index in [9.17, 15) is 4.79 Å². The Bertz CT molecular complexity index is 613. The smallest absolute Gasteiger partial charge is 0.250 e. The largest absolute Gasteiger partial charge is 0.381 e. The quantitative estimate of drug-likeness (QED) is 0.901. The highest BCUT2D eigenvalue weighted by Crippen LogP contribution is 2.20. The van der Waals surface area contributed by atoms with Gasteiger partial charge in [-0.15, -0.1) is 0 Å². The van der Waals surface area contributed by atoms with Crippen molar-refractivity contribution in [1.82, 2.24) is 4.98 Å². The highest BCUT2D eigenvalue weighted by molar-refractivity contribution is 6.33. The molecule has 0 saturated carbocycles. The molecule has 0 atom stereocenters. The first-order chi connectivity index (χ1) is 9.08. The second kappa shape index (κ2) is 5.71. The number of rotatable bonds is 4. The monoisotopic (exact) mass is 275 g/mol. The van der Waals surface area contributed by atoms with Gasteiger partial charge in [-0.1, -0.05) is 11.6 Å². The van der Waals surface area contributed by atoms with E-state index in [1.54, 1.807) is 24.4 Å². The molecule has 5 heteroatoms. The lowest BCUT2D eigenvalue weighted by Gasteiger charge is -2.10. The molecule has 1 aromatic carbocycles. The van der Waals surface area contributed by atoms with E-state index < -0.39 is 5.91 Å². The Hall–Kier alpha value is -2.07. The summed E-state index contributed by atoms with van der Waals surface area (Å²) in [7, 11) is 0. The Labute approximate surface area is 116 Å². The summed E-state index contributed by atoms with van der Waals surface area (Å²) in [5.41, 5.74) is 8.62. The highest BCUT2D eigenvalue weighted by Gasteiger charge is 2.07. The molecular formula is C14H14ClN3O. The number of aryl methyl sites for hydroxylation is 1. The van der Waals surface area contributed by atoms with E-state index in [-0.39, 0.29) is 0 Å². The number of hydrogen-bond donors (Lipinski definition) is 2. The van der Waals surface area contributed by atoms with E-state index >= 15 is 0 Å². The third-order valence-corrected chi connectivity index (χ3v) is 3.19. The number of primary amides is 1. The molecule has 98 valence electrons. The van der Waals surface area contributed by atoms with Gasteiger partial charge in [0.2, 0.25) is 5.91 Å². The molecule has 2 aromatic rings. The number of aromatic nitrogens is 1. The number of carbonyl (C=O) groups is 1. The Balaban J connectivity index is 2.14. The van der Waals surface area contributed by atoms with E-state index in [4.69, 9.17) is 17.3 Å². The summed E-state index contributed by atoms with van der Waals surface area (Å²) in [4.78, 5) is 15.3. The first kappa shape index (κ1) is 13.4. The lowest BCUT2D eigenvalue weighted by atomic mass is 10.1. The number of halogens is 1. The van der Waals surface area contributed by atoms with Gasteiger partial charge in [-0.2, -0.15) is 0 Å². The van der Waals surface area contributed by atoms with Crippen LogP contribution < -0.4 is 11.1 Å². The molecule has 1 aromatic heterocycles. The second-order valence-corrected chi connectivity index (χ2v) is 4.62. The van der Waals surface area contributed by atoms with Crippen LogP contribution in [0.2, 0.25) is 5.02 Å². The van der Waals surface area contributed by atoms with Crippen LogP contribution in [0.3, 0.4) is 0 Å². The summed E-state index contributed by atoms with van der Waals surface area (Å²) in [5.74, 6) is -0.536. The zero-order valence-corrected chi connectivity index (χ0v) is 11.2. The minimum absolute atomic E-state index is 0.314. The van der Waals surface area contributed by atoms with Crippen molar-refractivity contribution in [2.75, 3.05) is 5.32 Å². The van der Waals surface area contributed by atoms with Crippen molar-refractivity contribution in [3.8, 4) is 0 Å². The fourth-order valence-electron chi connectivity index (χ4n) is 1.70. The van der Waals surface area contributed by atoms with Crippen molar-refractivity contribution in [3.05, 3.63) is 58.4 Å². The summed E-state index contributed by atoms with van der Waals surface area (Å²) in [5, 5.41) is 3.57. The van der Waals surface area contributed by atoms with Crippen molar-refractivity contribution < 1.29 is 4.79 Å². The molecule has 4 nitrogen and oxygen atoms in total. The average Bonchev–Trinajstić information content (AvgIpc) is 2.39. The average molecular weight is 276 g/mol. The summed E-state index contributed by atoms with van der Waals surface area (Å²) in [6.07, 6.45) is 3.57. The molecular weight excluding hydrogens is 262 g/mol. The molecule has 0 unspecified atom stereocenters. The number of benzene rings is 1. The van der Waals surface area contributed by atoms with Gasteiger partial charge in [-0.3, -0.25) is 9.78 Å². The van der Waals surface area contributed by atoms with Crippen LogP contribution in [0.25, 0.3) is 0 Å². The lowest BCUT2D eigenvalue weighted by molar-refractivity contribution is 0.100. The van der Waals surface area contributed by atoms with E-state index in [0.717, 1.165) is 16.8 Å². The number of pyridine rings is 1. The van der Waals surface area contributed by atoms with Crippen molar-refractivity contribution in [2.24, 2.45) is 5.73 Å². The van der Waals surface area contributed by atoms with Gasteiger partial charge >= 0.3 is 0 Å². The molecule has 2 rings (SSSR count). The minimum atomic E-state index is -0.536. The first-order valence-corrected chi connectivity index (χ1v) is 6.18. The Morgan fingerprint density at radius 2 is 2.21 bits per heavy atom. The first-order valence-electron chi connectivity index (χ1n) is 5.80. The molecule has 0 radical (unpaired) electrons. The Kier molecular flexibility index (Phi) is 4.02. The Morgan fingerprint density at radius 3 is 2.89 bits per heavy atom. The third kappa shape index (κ3) is 3.23. The number of amides is 1. The minimum Gasteiger partial charge on any atom is -0.381 e. The van der Waals surface area contributed by atoms with Crippen molar-refractivity contribution in [2.45, 2.75) is 13.5 Å².